The smallest absolute Gasteiger partial charge is 0.244 e. The Balaban J connectivity index is 1.63. The summed E-state index contributed by atoms with van der Waals surface area (Å²) in [5, 5.41) is 10.7. The number of alkyl halides is 2. The number of benzene rings is 1. The molecule has 208 valence electrons. The molecule has 2 aromatic heterocycles. The van der Waals surface area contributed by atoms with E-state index in [9.17, 15) is 8.78 Å². The Morgan fingerprint density at radius 2 is 1.89 bits per heavy atom. The summed E-state index contributed by atoms with van der Waals surface area (Å²) >= 11 is 0. The molecule has 1 aliphatic rings. The van der Waals surface area contributed by atoms with Crippen LogP contribution >= 0.6 is 0 Å². The zero-order valence-corrected chi connectivity index (χ0v) is 21.9. The summed E-state index contributed by atoms with van der Waals surface area (Å²) in [6, 6.07) is 4.16. The van der Waals surface area contributed by atoms with Gasteiger partial charge in [-0.2, -0.15) is 4.98 Å². The molecule has 3 heterocycles. The van der Waals surface area contributed by atoms with Crippen molar-refractivity contribution < 1.29 is 22.6 Å². The minimum Gasteiger partial charge on any atom is -0.479 e. The van der Waals surface area contributed by atoms with E-state index in [4.69, 9.17) is 9.47 Å². The zero-order chi connectivity index (χ0) is 27.1. The first kappa shape index (κ1) is 27.7. The summed E-state index contributed by atoms with van der Waals surface area (Å²) in [6.07, 6.45) is 3.10. The highest BCUT2D eigenvalue weighted by atomic mass is 19.1. The molecule has 4 N–H and O–H groups in total. The number of nitrogens with zero attached hydrogens (tertiary/aromatic N) is 4. The van der Waals surface area contributed by atoms with Gasteiger partial charge in [-0.1, -0.05) is 6.07 Å². The fourth-order valence-electron chi connectivity index (χ4n) is 4.60. The van der Waals surface area contributed by atoms with E-state index in [1.165, 1.54) is 17.8 Å². The first-order valence-corrected chi connectivity index (χ1v) is 12.6. The molecule has 0 spiro atoms. The maximum Gasteiger partial charge on any atom is 0.244 e. The zero-order valence-electron chi connectivity index (χ0n) is 21.9. The SMILES string of the molecule is CNNc1ccc(-c2c(F)cn3nc(NC4CCN(CCOC)CC4)nc(OC)c23)cc1NC(CF)CF. The summed E-state index contributed by atoms with van der Waals surface area (Å²) in [5.74, 6) is 0.0150. The lowest BCUT2D eigenvalue weighted by Crippen LogP contribution is -2.40. The number of halogens is 3. The first-order valence-electron chi connectivity index (χ1n) is 12.6. The molecule has 1 aromatic carbocycles. The van der Waals surface area contributed by atoms with Gasteiger partial charge in [-0.15, -0.1) is 5.10 Å². The minimum atomic E-state index is -1.03. The summed E-state index contributed by atoms with van der Waals surface area (Å²) in [4.78, 5) is 6.87. The highest BCUT2D eigenvalue weighted by molar-refractivity contribution is 5.88. The Morgan fingerprint density at radius 1 is 1.13 bits per heavy atom. The molecule has 1 fully saturated rings. The molecule has 0 amide bonds. The van der Waals surface area contributed by atoms with Crippen LogP contribution < -0.4 is 26.2 Å². The molecule has 0 bridgehead atoms. The molecule has 3 aromatic rings. The molecule has 1 saturated heterocycles. The van der Waals surface area contributed by atoms with Gasteiger partial charge < -0.3 is 30.4 Å². The minimum absolute atomic E-state index is 0.177. The van der Waals surface area contributed by atoms with Gasteiger partial charge in [0.2, 0.25) is 11.8 Å². The lowest BCUT2D eigenvalue weighted by Gasteiger charge is -2.32. The fourth-order valence-corrected chi connectivity index (χ4v) is 4.60. The van der Waals surface area contributed by atoms with Gasteiger partial charge in [0.25, 0.3) is 0 Å². The first-order chi connectivity index (χ1) is 18.5. The van der Waals surface area contributed by atoms with Crippen molar-refractivity contribution in [1.29, 1.82) is 0 Å². The van der Waals surface area contributed by atoms with Crippen molar-refractivity contribution in [2.75, 3.05) is 76.9 Å². The molecule has 1 aliphatic heterocycles. The molecular weight excluding hydrogens is 501 g/mol. The maximum absolute atomic E-state index is 15.4. The molecule has 0 unspecified atom stereocenters. The summed E-state index contributed by atoms with van der Waals surface area (Å²) in [5.41, 5.74) is 7.69. The number of anilines is 3. The van der Waals surface area contributed by atoms with Gasteiger partial charge in [-0.25, -0.2) is 23.1 Å². The fraction of sp³-hybridized carbons (Fsp3) is 0.520. The van der Waals surface area contributed by atoms with Crippen molar-refractivity contribution in [3.05, 3.63) is 30.2 Å². The highest BCUT2D eigenvalue weighted by Gasteiger charge is 2.24. The third-order valence-electron chi connectivity index (χ3n) is 6.58. The van der Waals surface area contributed by atoms with Crippen molar-refractivity contribution in [3.8, 4) is 17.0 Å². The van der Waals surface area contributed by atoms with Gasteiger partial charge in [-0.3, -0.25) is 0 Å². The second-order valence-electron chi connectivity index (χ2n) is 9.13. The van der Waals surface area contributed by atoms with Crippen LogP contribution in [0, 0.1) is 5.82 Å². The number of hydrogen-bond donors (Lipinski definition) is 4. The van der Waals surface area contributed by atoms with E-state index in [0.29, 0.717) is 35.0 Å². The molecule has 38 heavy (non-hydrogen) atoms. The molecule has 0 atom stereocenters. The Bertz CT molecular complexity index is 1200. The lowest BCUT2D eigenvalue weighted by molar-refractivity contribution is 0.132. The summed E-state index contributed by atoms with van der Waals surface area (Å²) < 4.78 is 54.0. The van der Waals surface area contributed by atoms with Crippen molar-refractivity contribution in [1.82, 2.24) is 24.9 Å². The summed E-state index contributed by atoms with van der Waals surface area (Å²) in [6.45, 7) is 1.68. The Morgan fingerprint density at radius 3 is 2.55 bits per heavy atom. The van der Waals surface area contributed by atoms with Crippen LogP contribution in [-0.2, 0) is 4.74 Å². The van der Waals surface area contributed by atoms with E-state index in [1.54, 1.807) is 32.4 Å². The van der Waals surface area contributed by atoms with Crippen molar-refractivity contribution in [3.63, 3.8) is 0 Å². The van der Waals surface area contributed by atoms with E-state index in [1.807, 2.05) is 0 Å². The van der Waals surface area contributed by atoms with Crippen LogP contribution in [0.1, 0.15) is 12.8 Å². The van der Waals surface area contributed by atoms with Crippen LogP contribution in [0.15, 0.2) is 24.4 Å². The van der Waals surface area contributed by atoms with Crippen molar-refractivity contribution in [2.45, 2.75) is 24.9 Å². The van der Waals surface area contributed by atoms with Gasteiger partial charge in [0.05, 0.1) is 42.9 Å². The predicted octanol–water partition coefficient (Wildman–Crippen LogP) is 3.33. The molecule has 0 radical (unpaired) electrons. The number of fused-ring (bicyclic) bond motifs is 1. The quantitative estimate of drug-likeness (QED) is 0.245. The van der Waals surface area contributed by atoms with Crippen molar-refractivity contribution in [2.24, 2.45) is 0 Å². The second-order valence-corrected chi connectivity index (χ2v) is 9.13. The monoisotopic (exact) mass is 536 g/mol. The Kier molecular flexibility index (Phi) is 9.48. The number of ether oxygens (including phenoxy) is 2. The molecule has 0 saturated carbocycles. The highest BCUT2D eigenvalue weighted by Crippen LogP contribution is 2.37. The second kappa shape index (κ2) is 13.0. The average Bonchev–Trinajstić information content (AvgIpc) is 3.27. The van der Waals surface area contributed by atoms with Crippen LogP contribution in [-0.4, -0.2) is 92.4 Å². The summed E-state index contributed by atoms with van der Waals surface area (Å²) in [7, 11) is 4.83. The van der Waals surface area contributed by atoms with Crippen LogP contribution in [0.25, 0.3) is 16.6 Å². The van der Waals surface area contributed by atoms with E-state index in [2.05, 4.69) is 36.5 Å². The third kappa shape index (κ3) is 6.22. The maximum atomic E-state index is 15.4. The van der Waals surface area contributed by atoms with Crippen LogP contribution in [0.5, 0.6) is 5.88 Å². The largest absolute Gasteiger partial charge is 0.479 e. The number of piperidine rings is 1. The average molecular weight is 537 g/mol. The molecule has 0 aliphatic carbocycles. The number of nitrogens with one attached hydrogen (secondary N) is 4. The van der Waals surface area contributed by atoms with Crippen LogP contribution in [0.3, 0.4) is 0 Å². The van der Waals surface area contributed by atoms with Gasteiger partial charge in [0, 0.05) is 39.8 Å². The molecule has 4 rings (SSSR count). The standard InChI is InChI=1S/C25H35F3N8O2/c1-29-33-20-5-4-16(12-21(20)30-18(13-26)14-27)22-19(28)15-36-23(22)24(38-3)32-25(34-36)31-17-6-8-35(9-7-17)10-11-37-2/h4-5,12,15,17-18,29-30,33H,6-11,13-14H2,1-3H3,(H,31,34). The predicted molar refractivity (Wildman–Crippen MR) is 142 cm³/mol. The van der Waals surface area contributed by atoms with E-state index in [-0.39, 0.29) is 17.5 Å². The number of likely N-dealkylation sites (tertiary alicyclic amines) is 1. The number of rotatable bonds is 13. The van der Waals surface area contributed by atoms with Crippen LogP contribution in [0.4, 0.5) is 30.5 Å². The normalized spacial score (nSPS) is 14.8. The van der Waals surface area contributed by atoms with Gasteiger partial charge >= 0.3 is 0 Å². The van der Waals surface area contributed by atoms with Crippen molar-refractivity contribution >= 4 is 22.8 Å². The van der Waals surface area contributed by atoms with E-state index >= 15 is 4.39 Å². The number of methoxy groups -OCH3 is 2. The van der Waals surface area contributed by atoms with Gasteiger partial charge in [-0.05, 0) is 30.5 Å². The number of hydrazine groups is 1. The molecule has 10 nitrogen and oxygen atoms in total. The Labute approximate surface area is 219 Å². The van der Waals surface area contributed by atoms with Crippen LogP contribution in [0.2, 0.25) is 0 Å². The van der Waals surface area contributed by atoms with Gasteiger partial charge in [0.1, 0.15) is 18.9 Å². The Hall–Kier alpha value is -3.29. The molecule has 13 heteroatoms. The number of hydrogen-bond acceptors (Lipinski definition) is 9. The van der Waals surface area contributed by atoms with E-state index in [0.717, 1.165) is 32.5 Å². The van der Waals surface area contributed by atoms with E-state index < -0.39 is 25.2 Å². The lowest BCUT2D eigenvalue weighted by atomic mass is 10.0. The van der Waals surface area contributed by atoms with Gasteiger partial charge in [0.15, 0.2) is 5.82 Å². The topological polar surface area (TPSA) is 100 Å². The third-order valence-corrected chi connectivity index (χ3v) is 6.58. The molecular formula is C25H35F3N8O2. The number of aromatic nitrogens is 3.